The van der Waals surface area contributed by atoms with E-state index in [0.29, 0.717) is 53.9 Å². The zero-order valence-corrected chi connectivity index (χ0v) is 37.4. The van der Waals surface area contributed by atoms with Crippen LogP contribution in [0.4, 0.5) is 4.79 Å². The topological polar surface area (TPSA) is 208 Å². The van der Waals surface area contributed by atoms with Crippen LogP contribution in [0.25, 0.3) is 33.5 Å². The Morgan fingerprint density at radius 2 is 1.76 bits per heavy atom. The fourth-order valence-electron chi connectivity index (χ4n) is 8.28. The second-order valence-corrected chi connectivity index (χ2v) is 20.9. The molecule has 3 N–H and O–H groups in total. The van der Waals surface area contributed by atoms with Crippen molar-refractivity contribution < 1.29 is 46.2 Å². The number of furan rings is 1. The van der Waals surface area contributed by atoms with E-state index in [1.54, 1.807) is 27.7 Å². The lowest BCUT2D eigenvalue weighted by molar-refractivity contribution is -0.141. The predicted molar refractivity (Wildman–Crippen MR) is 234 cm³/mol. The molecule has 4 aromatic rings. The third-order valence-corrected chi connectivity index (χ3v) is 14.3. The molecule has 63 heavy (non-hydrogen) atoms. The van der Waals surface area contributed by atoms with E-state index in [-0.39, 0.29) is 43.4 Å². The number of allylic oxidation sites excluding steroid dienone is 1. The van der Waals surface area contributed by atoms with Crippen molar-refractivity contribution in [2.75, 3.05) is 6.54 Å². The molecule has 8 rings (SSSR count). The molecule has 0 bridgehead atoms. The van der Waals surface area contributed by atoms with Crippen LogP contribution in [0.5, 0.6) is 11.6 Å². The van der Waals surface area contributed by atoms with Crippen LogP contribution in [0.1, 0.15) is 99.3 Å². The van der Waals surface area contributed by atoms with Crippen molar-refractivity contribution in [3.05, 3.63) is 60.7 Å². The molecule has 3 fully saturated rings. The molecule has 336 valence electrons. The Hall–Kier alpha value is -5.71. The highest BCUT2D eigenvalue weighted by atomic mass is 32.2. The van der Waals surface area contributed by atoms with Gasteiger partial charge in [0.2, 0.25) is 27.4 Å². The lowest BCUT2D eigenvalue weighted by Gasteiger charge is -2.30. The number of fused-ring (bicyclic) bond motifs is 5. The third kappa shape index (κ3) is 9.34. The highest BCUT2D eigenvalue weighted by molar-refractivity contribution is 7.91. The molecule has 1 saturated heterocycles. The van der Waals surface area contributed by atoms with Gasteiger partial charge in [-0.1, -0.05) is 37.1 Å². The first-order chi connectivity index (χ1) is 29.8. The monoisotopic (exact) mass is 884 g/mol. The number of rotatable bonds is 9. The fourth-order valence-corrected chi connectivity index (χ4v) is 9.60. The number of aromatic nitrogens is 2. The second kappa shape index (κ2) is 16.8. The number of carbonyl (C=O) groups excluding carboxylic acids is 4. The van der Waals surface area contributed by atoms with Gasteiger partial charge in [0.05, 0.1) is 17.4 Å². The first kappa shape index (κ1) is 43.9. The lowest BCUT2D eigenvalue weighted by Crippen LogP contribution is -2.58. The second-order valence-electron chi connectivity index (χ2n) is 18.7. The summed E-state index contributed by atoms with van der Waals surface area (Å²) in [6.45, 7) is 10.6. The van der Waals surface area contributed by atoms with Crippen molar-refractivity contribution in [3.8, 4) is 23.0 Å². The minimum Gasteiger partial charge on any atom is -0.491 e. The quantitative estimate of drug-likeness (QED) is 0.155. The van der Waals surface area contributed by atoms with Crippen molar-refractivity contribution >= 4 is 55.9 Å². The summed E-state index contributed by atoms with van der Waals surface area (Å²) in [7, 11) is -4.03. The molecular formula is C46H56N6O10S. The highest BCUT2D eigenvalue weighted by Crippen LogP contribution is 2.48. The molecule has 5 unspecified atom stereocenters. The number of sulfonamides is 1. The molecule has 4 aliphatic rings. The highest BCUT2D eigenvalue weighted by Gasteiger charge is 2.63. The van der Waals surface area contributed by atoms with Gasteiger partial charge >= 0.3 is 6.09 Å². The largest absolute Gasteiger partial charge is 0.491 e. The number of amides is 4. The van der Waals surface area contributed by atoms with Crippen LogP contribution in [0.3, 0.4) is 0 Å². The van der Waals surface area contributed by atoms with Crippen molar-refractivity contribution in [2.24, 2.45) is 5.92 Å². The van der Waals surface area contributed by atoms with Crippen LogP contribution >= 0.6 is 0 Å². The Bertz CT molecular complexity index is 2560. The average Bonchev–Trinajstić information content (AvgIpc) is 4.04. The summed E-state index contributed by atoms with van der Waals surface area (Å²) in [6, 6.07) is 12.5. The number of carbonyl (C=O) groups is 4. The molecule has 2 aliphatic heterocycles. The zero-order valence-electron chi connectivity index (χ0n) is 36.6. The Labute approximate surface area is 366 Å². The molecule has 5 atom stereocenters. The van der Waals surface area contributed by atoms with Gasteiger partial charge in [0.1, 0.15) is 46.2 Å². The molecule has 2 aromatic heterocycles. The van der Waals surface area contributed by atoms with E-state index >= 15 is 0 Å². The summed E-state index contributed by atoms with van der Waals surface area (Å²) in [5, 5.41) is 6.40. The number of alkyl carbamates (subject to hydrolysis) is 1. The van der Waals surface area contributed by atoms with Gasteiger partial charge in [-0.2, -0.15) is 4.98 Å². The van der Waals surface area contributed by atoms with Gasteiger partial charge in [-0.05, 0) is 116 Å². The normalized spacial score (nSPS) is 25.5. The molecule has 17 heteroatoms. The molecule has 0 radical (unpaired) electrons. The molecular weight excluding hydrogens is 829 g/mol. The first-order valence-electron chi connectivity index (χ1n) is 21.8. The summed E-state index contributed by atoms with van der Waals surface area (Å²) >= 11 is 0. The molecule has 4 heterocycles. The van der Waals surface area contributed by atoms with Crippen LogP contribution in [0, 0.1) is 5.92 Å². The van der Waals surface area contributed by atoms with E-state index in [1.807, 2.05) is 74.5 Å². The Morgan fingerprint density at radius 1 is 1.02 bits per heavy atom. The van der Waals surface area contributed by atoms with E-state index in [2.05, 4.69) is 15.4 Å². The maximum absolute atomic E-state index is 14.8. The molecule has 16 nitrogen and oxygen atoms in total. The van der Waals surface area contributed by atoms with E-state index < -0.39 is 73.8 Å². The van der Waals surface area contributed by atoms with Crippen molar-refractivity contribution in [1.29, 1.82) is 0 Å². The van der Waals surface area contributed by atoms with Gasteiger partial charge in [-0.15, -0.1) is 0 Å². The minimum atomic E-state index is -4.03. The van der Waals surface area contributed by atoms with E-state index in [1.165, 1.54) is 4.90 Å². The summed E-state index contributed by atoms with van der Waals surface area (Å²) in [5.74, 6) is -1.36. The lowest BCUT2D eigenvalue weighted by atomic mass is 10.0. The molecule has 2 aromatic carbocycles. The number of para-hydroxylation sites is 1. The van der Waals surface area contributed by atoms with Crippen molar-refractivity contribution in [1.82, 2.24) is 30.2 Å². The molecule has 2 aliphatic carbocycles. The first-order valence-corrected chi connectivity index (χ1v) is 23.3. The van der Waals surface area contributed by atoms with Gasteiger partial charge in [-0.3, -0.25) is 19.1 Å². The minimum absolute atomic E-state index is 0.0176. The average molecular weight is 885 g/mol. The molecule has 0 spiro atoms. The maximum Gasteiger partial charge on any atom is 0.408 e. The van der Waals surface area contributed by atoms with E-state index in [0.717, 1.165) is 18.2 Å². The van der Waals surface area contributed by atoms with Gasteiger partial charge < -0.3 is 34.2 Å². The van der Waals surface area contributed by atoms with Crippen LogP contribution in [-0.4, -0.2) is 93.8 Å². The summed E-state index contributed by atoms with van der Waals surface area (Å²) in [4.78, 5) is 67.8. The standard InChI is InChI=1S/C46H56N6O10S/c1-27(2)59-30-20-18-28(19-21-30)38-48-36-32-15-12-13-17-35(32)61-37(36)40(49-38)60-31-24-34-39(53)50-46(42(55)51-63(57,58)45(6)22-23-45)25-29(46)14-10-8-7-9-11-16-33(41(54)52(34)26-31)47-43(56)62-44(3,4)5/h10,12-15,17-21,27,29,31,33-34H,7-9,11,16,22-26H2,1-6H3,(H,47,56)(H,50,53)(H,51,55)/b14-10-. The molecule has 2 saturated carbocycles. The number of benzene rings is 2. The number of hydrogen-bond donors (Lipinski definition) is 3. The Kier molecular flexibility index (Phi) is 11.7. The Balaban J connectivity index is 1.14. The number of ether oxygens (including phenoxy) is 3. The van der Waals surface area contributed by atoms with E-state index in [4.69, 9.17) is 28.6 Å². The summed E-state index contributed by atoms with van der Waals surface area (Å²) in [5.41, 5.74) is -0.376. The van der Waals surface area contributed by atoms with Gasteiger partial charge in [-0.25, -0.2) is 18.2 Å². The van der Waals surface area contributed by atoms with Crippen LogP contribution < -0.4 is 24.8 Å². The van der Waals surface area contributed by atoms with Gasteiger partial charge in [0, 0.05) is 23.3 Å². The van der Waals surface area contributed by atoms with E-state index in [9.17, 15) is 27.6 Å². The SMILES string of the molecule is CC(C)Oc1ccc(-c2nc(OC3CC4C(=O)NC5(C(=O)NS(=O)(=O)C6(C)CC6)CC5/C=C\CCCCCC(NC(=O)OC(C)(C)C)C(=O)N4C3)c3oc4ccccc4c3n2)cc1. The van der Waals surface area contributed by atoms with Crippen LogP contribution in [0.2, 0.25) is 0 Å². The van der Waals surface area contributed by atoms with Gasteiger partial charge in [0.15, 0.2) is 5.82 Å². The number of hydrogen-bond acceptors (Lipinski definition) is 12. The summed E-state index contributed by atoms with van der Waals surface area (Å²) in [6.07, 6.45) is 6.21. The zero-order chi connectivity index (χ0) is 44.9. The maximum atomic E-state index is 14.8. The Morgan fingerprint density at radius 3 is 2.48 bits per heavy atom. The molecule has 4 amide bonds. The number of nitrogens with zero attached hydrogens (tertiary/aromatic N) is 3. The van der Waals surface area contributed by atoms with Crippen LogP contribution in [0.15, 0.2) is 65.1 Å². The smallest absolute Gasteiger partial charge is 0.408 e. The third-order valence-electron chi connectivity index (χ3n) is 12.1. The van der Waals surface area contributed by atoms with Crippen LogP contribution in [-0.2, 0) is 29.1 Å². The van der Waals surface area contributed by atoms with Crippen molar-refractivity contribution in [2.45, 2.75) is 140 Å². The van der Waals surface area contributed by atoms with Crippen molar-refractivity contribution in [3.63, 3.8) is 0 Å². The van der Waals surface area contributed by atoms with Gasteiger partial charge in [0.25, 0.3) is 11.8 Å². The fraction of sp³-hybridized carbons (Fsp3) is 0.522. The predicted octanol–water partition coefficient (Wildman–Crippen LogP) is 6.47. The number of nitrogens with one attached hydrogen (secondary N) is 3. The summed E-state index contributed by atoms with van der Waals surface area (Å²) < 4.78 is 52.1.